The molecular weight excluding hydrogens is 424 g/mol. The van der Waals surface area contributed by atoms with E-state index in [1.54, 1.807) is 4.90 Å². The van der Waals surface area contributed by atoms with E-state index in [1.807, 2.05) is 39.9 Å². The average Bonchev–Trinajstić information content (AvgIpc) is 3.16. The molecule has 7 heteroatoms. The Morgan fingerprint density at radius 1 is 1.06 bits per heavy atom. The maximum atomic E-state index is 11.5. The molecule has 1 heterocycles. The Morgan fingerprint density at radius 3 is 2.12 bits per heavy atom. The molecule has 1 unspecified atom stereocenters. The van der Waals surface area contributed by atoms with E-state index in [2.05, 4.69) is 54.3 Å². The molecule has 2 rings (SSSR count). The second-order valence-electron chi connectivity index (χ2n) is 7.89. The van der Waals surface area contributed by atoms with Gasteiger partial charge in [0.1, 0.15) is 0 Å². The summed E-state index contributed by atoms with van der Waals surface area (Å²) in [6, 6.07) is 8.40. The summed E-state index contributed by atoms with van der Waals surface area (Å²) in [5.74, 6) is 0.523. The Morgan fingerprint density at radius 2 is 1.65 bits per heavy atom. The van der Waals surface area contributed by atoms with Crippen molar-refractivity contribution in [2.24, 2.45) is 22.4 Å². The number of amides is 1. The summed E-state index contributed by atoms with van der Waals surface area (Å²) >= 11 is 0. The maximum Gasteiger partial charge on any atom is 0.226 e. The molecule has 0 bridgehead atoms. The molecule has 0 spiro atoms. The third-order valence-electron chi connectivity index (χ3n) is 4.77. The van der Waals surface area contributed by atoms with Crippen molar-refractivity contribution in [3.63, 3.8) is 0 Å². The lowest BCUT2D eigenvalue weighted by Crippen LogP contribution is -2.36. The van der Waals surface area contributed by atoms with Crippen LogP contribution < -0.4 is 11.5 Å². The number of para-hydroxylation sites is 1. The second kappa shape index (κ2) is 22.3. The molecule has 0 aliphatic rings. The smallest absolute Gasteiger partial charge is 0.226 e. The lowest BCUT2D eigenvalue weighted by atomic mass is 10.1. The Balaban J connectivity index is -0.000000194. The highest BCUT2D eigenvalue weighted by Crippen LogP contribution is 2.17. The first-order chi connectivity index (χ1) is 14.7. The highest BCUT2D eigenvalue weighted by molar-refractivity contribution is 5.83. The predicted molar refractivity (Wildman–Crippen MR) is 154 cm³/mol. The number of hydrogen-bond acceptors (Lipinski definition) is 3. The molecular formula is C27H56N6O. The van der Waals surface area contributed by atoms with Crippen molar-refractivity contribution >= 4 is 22.8 Å². The number of aromatic nitrogens is 1. The lowest BCUT2D eigenvalue weighted by Gasteiger charge is -2.21. The van der Waals surface area contributed by atoms with E-state index < -0.39 is 0 Å². The van der Waals surface area contributed by atoms with Gasteiger partial charge in [-0.05, 0) is 45.5 Å². The van der Waals surface area contributed by atoms with Crippen LogP contribution in [0.25, 0.3) is 10.9 Å². The van der Waals surface area contributed by atoms with Crippen LogP contribution in [0.1, 0.15) is 68.4 Å². The van der Waals surface area contributed by atoms with E-state index in [0.29, 0.717) is 0 Å². The lowest BCUT2D eigenvalue weighted by molar-refractivity contribution is -0.133. The number of rotatable bonds is 8. The molecule has 5 N–H and O–H groups in total. The zero-order chi connectivity index (χ0) is 23.8. The van der Waals surface area contributed by atoms with Crippen molar-refractivity contribution in [3.05, 3.63) is 36.0 Å². The van der Waals surface area contributed by atoms with Crippen LogP contribution in [-0.2, 0) is 11.2 Å². The molecule has 0 aliphatic heterocycles. The zero-order valence-corrected chi connectivity index (χ0v) is 20.6. The van der Waals surface area contributed by atoms with Gasteiger partial charge >= 0.3 is 0 Å². The molecule has 0 saturated carbocycles. The number of H-pyrrole nitrogens is 1. The van der Waals surface area contributed by atoms with Gasteiger partial charge in [-0.3, -0.25) is 9.79 Å². The average molecular weight is 481 g/mol. The van der Waals surface area contributed by atoms with Gasteiger partial charge in [-0.15, -0.1) is 0 Å². The molecule has 0 aliphatic carbocycles. The second-order valence-corrected chi connectivity index (χ2v) is 7.89. The van der Waals surface area contributed by atoms with Gasteiger partial charge < -0.3 is 26.3 Å². The van der Waals surface area contributed by atoms with Crippen molar-refractivity contribution < 1.29 is 4.79 Å². The van der Waals surface area contributed by atoms with E-state index in [-0.39, 0.29) is 40.1 Å². The zero-order valence-electron chi connectivity index (χ0n) is 20.6. The van der Waals surface area contributed by atoms with Crippen LogP contribution in [-0.4, -0.2) is 67.4 Å². The number of nitrogens with two attached hydrogens (primary N) is 2. The van der Waals surface area contributed by atoms with Gasteiger partial charge in [0.2, 0.25) is 5.91 Å². The minimum atomic E-state index is 0. The molecule has 1 amide bonds. The van der Waals surface area contributed by atoms with E-state index in [0.717, 1.165) is 38.9 Å². The first-order valence-electron chi connectivity index (χ1n) is 11.2. The van der Waals surface area contributed by atoms with Gasteiger partial charge in [-0.1, -0.05) is 67.7 Å². The fraction of sp³-hybridized carbons (Fsp3) is 0.630. The van der Waals surface area contributed by atoms with Gasteiger partial charge in [0.25, 0.3) is 0 Å². The molecule has 0 radical (unpaired) electrons. The van der Waals surface area contributed by atoms with Crippen molar-refractivity contribution in [1.82, 2.24) is 14.8 Å². The summed E-state index contributed by atoms with van der Waals surface area (Å²) in [6.45, 7) is 10.6. The van der Waals surface area contributed by atoms with Crippen molar-refractivity contribution in [3.8, 4) is 0 Å². The largest absolute Gasteiger partial charge is 0.370 e. The Bertz CT molecular complexity index is 765. The van der Waals surface area contributed by atoms with Crippen LogP contribution in [0.3, 0.4) is 0 Å². The topological polar surface area (TPSA) is 104 Å². The minimum Gasteiger partial charge on any atom is -0.370 e. The van der Waals surface area contributed by atoms with Crippen LogP contribution in [0.15, 0.2) is 35.5 Å². The van der Waals surface area contributed by atoms with Gasteiger partial charge in [0.05, 0.1) is 0 Å². The fourth-order valence-electron chi connectivity index (χ4n) is 2.95. The number of unbranched alkanes of at least 4 members (excludes halogenated alkanes) is 1. The van der Waals surface area contributed by atoms with Crippen molar-refractivity contribution in [1.29, 1.82) is 0 Å². The highest BCUT2D eigenvalue weighted by atomic mass is 16.2. The Kier molecular flexibility index (Phi) is 25.3. The summed E-state index contributed by atoms with van der Waals surface area (Å²) in [5.41, 5.74) is 12.8. The molecule has 34 heavy (non-hydrogen) atoms. The standard InChI is InChI=1S/C10H11N.C9H20N2O.C5H13N3.3CH4/c1-2-8-7-11-10-6-4-3-5-9(8)10;1-6-11(5)9(12)8(2)7-10(3)4;1-2-3-4-8-5(6)7;;;/h3-7,11H,2H2,1H3;8H,6-7H2,1-5H3;2-4H2,1H3,(H4,6,7,8);3*1H4. The predicted octanol–water partition coefficient (Wildman–Crippen LogP) is 5.36. The third-order valence-corrected chi connectivity index (χ3v) is 4.77. The number of aryl methyl sites for hydroxylation is 1. The summed E-state index contributed by atoms with van der Waals surface area (Å²) in [7, 11) is 5.81. The van der Waals surface area contributed by atoms with Crippen LogP contribution >= 0.6 is 0 Å². The van der Waals surface area contributed by atoms with Crippen LogP contribution in [0.4, 0.5) is 0 Å². The molecule has 1 aromatic heterocycles. The number of benzene rings is 1. The van der Waals surface area contributed by atoms with Gasteiger partial charge in [0, 0.05) is 49.7 Å². The number of nitrogens with zero attached hydrogens (tertiary/aromatic N) is 3. The minimum absolute atomic E-state index is 0. The molecule has 0 saturated heterocycles. The summed E-state index contributed by atoms with van der Waals surface area (Å²) < 4.78 is 0. The van der Waals surface area contributed by atoms with Gasteiger partial charge in [0.15, 0.2) is 5.96 Å². The SMILES string of the molecule is C.C.C.CCCCN=C(N)N.CCN(C)C(=O)C(C)CN(C)C.CCc1c[nH]c2ccccc12. The summed E-state index contributed by atoms with van der Waals surface area (Å²) in [6.07, 6.45) is 5.39. The number of fused-ring (bicyclic) bond motifs is 1. The fourth-order valence-corrected chi connectivity index (χ4v) is 2.95. The molecule has 200 valence electrons. The van der Waals surface area contributed by atoms with Crippen LogP contribution in [0, 0.1) is 5.92 Å². The molecule has 2 aromatic rings. The summed E-state index contributed by atoms with van der Waals surface area (Å²) in [4.78, 5) is 22.3. The molecule has 1 aromatic carbocycles. The van der Waals surface area contributed by atoms with Gasteiger partial charge in [-0.25, -0.2) is 0 Å². The number of guanidine groups is 1. The van der Waals surface area contributed by atoms with E-state index >= 15 is 0 Å². The number of carbonyl (C=O) groups is 1. The number of carbonyl (C=O) groups excluding carboxylic acids is 1. The van der Waals surface area contributed by atoms with E-state index in [1.165, 1.54) is 16.5 Å². The highest BCUT2D eigenvalue weighted by Gasteiger charge is 2.16. The monoisotopic (exact) mass is 480 g/mol. The van der Waals surface area contributed by atoms with E-state index in [4.69, 9.17) is 11.5 Å². The van der Waals surface area contributed by atoms with Crippen LogP contribution in [0.5, 0.6) is 0 Å². The van der Waals surface area contributed by atoms with Gasteiger partial charge in [-0.2, -0.15) is 0 Å². The number of aliphatic imine (C=N–C) groups is 1. The Labute approximate surface area is 211 Å². The molecule has 1 atom stereocenters. The normalized spacial score (nSPS) is 10.1. The third kappa shape index (κ3) is 16.1. The number of aromatic amines is 1. The number of hydrogen-bond donors (Lipinski definition) is 3. The van der Waals surface area contributed by atoms with Crippen molar-refractivity contribution in [2.75, 3.05) is 40.8 Å². The van der Waals surface area contributed by atoms with E-state index in [9.17, 15) is 4.79 Å². The Hall–Kier alpha value is -2.54. The quantitative estimate of drug-likeness (QED) is 0.269. The molecule has 7 nitrogen and oxygen atoms in total. The maximum absolute atomic E-state index is 11.5. The van der Waals surface area contributed by atoms with Crippen LogP contribution in [0.2, 0.25) is 0 Å². The van der Waals surface area contributed by atoms with Crippen molar-refractivity contribution in [2.45, 2.75) is 69.2 Å². The first kappa shape index (κ1) is 38.7. The number of nitrogens with one attached hydrogen (secondary N) is 1. The summed E-state index contributed by atoms with van der Waals surface area (Å²) in [5, 5.41) is 1.36. The molecule has 0 fully saturated rings. The first-order valence-corrected chi connectivity index (χ1v) is 11.2.